The monoisotopic (exact) mass is 502 g/mol. The molecule has 8 heteroatoms. The Labute approximate surface area is 215 Å². The summed E-state index contributed by atoms with van der Waals surface area (Å²) < 4.78 is 11.0. The molecule has 3 aromatic carbocycles. The van der Waals surface area contributed by atoms with Crippen molar-refractivity contribution in [2.45, 2.75) is 12.6 Å². The van der Waals surface area contributed by atoms with E-state index in [0.717, 1.165) is 41.9 Å². The molecule has 1 aromatic heterocycles. The highest BCUT2D eigenvalue weighted by Crippen LogP contribution is 2.25. The van der Waals surface area contributed by atoms with Gasteiger partial charge in [-0.25, -0.2) is 0 Å². The first-order chi connectivity index (χ1) is 17.6. The minimum absolute atomic E-state index is 0.0120. The smallest absolute Gasteiger partial charge is 0.258 e. The van der Waals surface area contributed by atoms with Crippen LogP contribution in [0.1, 0.15) is 17.2 Å². The highest BCUT2D eigenvalue weighted by molar-refractivity contribution is 6.30. The summed E-state index contributed by atoms with van der Waals surface area (Å²) in [5.74, 6) is 0.982. The van der Waals surface area contributed by atoms with E-state index in [1.165, 1.54) is 0 Å². The number of halogens is 1. The first-order valence-electron chi connectivity index (χ1n) is 11.9. The second kappa shape index (κ2) is 11.0. The third kappa shape index (κ3) is 5.49. The lowest BCUT2D eigenvalue weighted by Gasteiger charge is -2.36. The maximum absolute atomic E-state index is 13.1. The van der Waals surface area contributed by atoms with Crippen molar-refractivity contribution < 1.29 is 14.1 Å². The molecule has 1 amide bonds. The standard InChI is InChI=1S/C28H27ClN4O3/c1-35-25(21-8-3-2-4-9-21)28(34)33-15-13-32(14-16-33)19-20-7-5-10-22(17-20)26-30-27(36-31-26)23-11-6-12-24(29)18-23/h2-12,17-18,25H,13-16,19H2,1H3. The number of ether oxygens (including phenoxy) is 1. The first-order valence-corrected chi connectivity index (χ1v) is 12.3. The first kappa shape index (κ1) is 24.2. The van der Waals surface area contributed by atoms with E-state index in [4.69, 9.17) is 20.9 Å². The molecule has 1 saturated heterocycles. The van der Waals surface area contributed by atoms with Crippen molar-refractivity contribution in [3.8, 4) is 22.8 Å². The number of hydrogen-bond donors (Lipinski definition) is 0. The molecule has 4 aromatic rings. The summed E-state index contributed by atoms with van der Waals surface area (Å²) in [6.07, 6.45) is -0.568. The Bertz CT molecular complexity index is 1320. The number of nitrogens with zero attached hydrogens (tertiary/aromatic N) is 4. The van der Waals surface area contributed by atoms with E-state index in [1.54, 1.807) is 19.2 Å². The number of rotatable bonds is 7. The van der Waals surface area contributed by atoms with Crippen LogP contribution in [0.15, 0.2) is 83.4 Å². The third-order valence-corrected chi connectivity index (χ3v) is 6.57. The van der Waals surface area contributed by atoms with E-state index >= 15 is 0 Å². The lowest BCUT2D eigenvalue weighted by atomic mass is 10.1. The van der Waals surface area contributed by atoms with Crippen LogP contribution in [-0.2, 0) is 16.1 Å². The SMILES string of the molecule is COC(C(=O)N1CCN(Cc2cccc(-c3noc(-c4cccc(Cl)c4)n3)c2)CC1)c1ccccc1. The normalized spacial score (nSPS) is 15.1. The molecule has 1 atom stereocenters. The molecule has 36 heavy (non-hydrogen) atoms. The second-order valence-corrected chi connectivity index (χ2v) is 9.20. The zero-order valence-corrected chi connectivity index (χ0v) is 20.8. The van der Waals surface area contributed by atoms with Crippen molar-refractivity contribution in [1.29, 1.82) is 0 Å². The summed E-state index contributed by atoms with van der Waals surface area (Å²) >= 11 is 6.09. The van der Waals surface area contributed by atoms with Crippen molar-refractivity contribution >= 4 is 17.5 Å². The van der Waals surface area contributed by atoms with E-state index < -0.39 is 6.10 Å². The van der Waals surface area contributed by atoms with Crippen LogP contribution in [0.5, 0.6) is 0 Å². The fraction of sp³-hybridized carbons (Fsp3) is 0.250. The summed E-state index contributed by atoms with van der Waals surface area (Å²) in [6, 6.07) is 25.1. The molecule has 2 heterocycles. The van der Waals surface area contributed by atoms with Crippen LogP contribution in [0.2, 0.25) is 5.02 Å². The molecule has 0 spiro atoms. The molecule has 184 valence electrons. The molecule has 0 saturated carbocycles. The Balaban J connectivity index is 1.20. The average Bonchev–Trinajstić information content (AvgIpc) is 3.41. The van der Waals surface area contributed by atoms with Crippen molar-refractivity contribution in [1.82, 2.24) is 19.9 Å². The van der Waals surface area contributed by atoms with Gasteiger partial charge in [-0.05, 0) is 35.4 Å². The number of amides is 1. The van der Waals surface area contributed by atoms with E-state index in [2.05, 4.69) is 27.2 Å². The van der Waals surface area contributed by atoms with Crippen molar-refractivity contribution in [3.05, 3.63) is 95.0 Å². The van der Waals surface area contributed by atoms with E-state index in [1.807, 2.05) is 59.5 Å². The van der Waals surface area contributed by atoms with E-state index in [0.29, 0.717) is 29.8 Å². The summed E-state index contributed by atoms with van der Waals surface area (Å²) in [7, 11) is 1.58. The van der Waals surface area contributed by atoms with Gasteiger partial charge in [0.05, 0.1) is 0 Å². The van der Waals surface area contributed by atoms with Gasteiger partial charge in [0, 0.05) is 56.0 Å². The van der Waals surface area contributed by atoms with Gasteiger partial charge in [0.1, 0.15) is 0 Å². The topological polar surface area (TPSA) is 71.7 Å². The maximum atomic E-state index is 13.1. The fourth-order valence-corrected chi connectivity index (χ4v) is 4.64. The Hall–Kier alpha value is -3.52. The van der Waals surface area contributed by atoms with Gasteiger partial charge < -0.3 is 14.2 Å². The van der Waals surface area contributed by atoms with Crippen LogP contribution in [0, 0.1) is 0 Å². The van der Waals surface area contributed by atoms with Crippen LogP contribution < -0.4 is 0 Å². The molecular formula is C28H27ClN4O3. The van der Waals surface area contributed by atoms with Gasteiger partial charge in [-0.15, -0.1) is 0 Å². The Morgan fingerprint density at radius 3 is 2.47 bits per heavy atom. The second-order valence-electron chi connectivity index (χ2n) is 8.76. The Kier molecular flexibility index (Phi) is 7.41. The summed E-state index contributed by atoms with van der Waals surface area (Å²) in [5, 5.41) is 4.78. The molecule has 0 bridgehead atoms. The molecule has 7 nitrogen and oxygen atoms in total. The molecule has 1 aliphatic heterocycles. The summed E-state index contributed by atoms with van der Waals surface area (Å²) in [5.41, 5.74) is 3.71. The van der Waals surface area contributed by atoms with E-state index in [-0.39, 0.29) is 5.91 Å². The number of carbonyl (C=O) groups is 1. The Morgan fingerprint density at radius 2 is 1.72 bits per heavy atom. The summed E-state index contributed by atoms with van der Waals surface area (Å²) in [4.78, 5) is 21.9. The van der Waals surface area contributed by atoms with Gasteiger partial charge in [0.2, 0.25) is 5.82 Å². The average molecular weight is 503 g/mol. The molecule has 1 fully saturated rings. The van der Waals surface area contributed by atoms with Gasteiger partial charge in [-0.1, -0.05) is 71.4 Å². The van der Waals surface area contributed by atoms with E-state index in [9.17, 15) is 4.79 Å². The van der Waals surface area contributed by atoms with Gasteiger partial charge in [-0.3, -0.25) is 9.69 Å². The lowest BCUT2D eigenvalue weighted by Crippen LogP contribution is -2.49. The van der Waals surface area contributed by atoms with Crippen LogP contribution in [-0.4, -0.2) is 59.1 Å². The molecule has 1 aliphatic rings. The largest absolute Gasteiger partial charge is 0.367 e. The minimum Gasteiger partial charge on any atom is -0.367 e. The number of carbonyl (C=O) groups excluding carboxylic acids is 1. The minimum atomic E-state index is -0.568. The third-order valence-electron chi connectivity index (χ3n) is 6.34. The number of methoxy groups -OCH3 is 1. The van der Waals surface area contributed by atoms with Crippen LogP contribution in [0.4, 0.5) is 0 Å². The van der Waals surface area contributed by atoms with Crippen LogP contribution in [0.25, 0.3) is 22.8 Å². The van der Waals surface area contributed by atoms with Crippen LogP contribution >= 0.6 is 11.6 Å². The Morgan fingerprint density at radius 1 is 0.972 bits per heavy atom. The van der Waals surface area contributed by atoms with Gasteiger partial charge in [0.25, 0.3) is 11.8 Å². The number of aromatic nitrogens is 2. The van der Waals surface area contributed by atoms with Gasteiger partial charge >= 0.3 is 0 Å². The van der Waals surface area contributed by atoms with Crippen LogP contribution in [0.3, 0.4) is 0 Å². The maximum Gasteiger partial charge on any atom is 0.258 e. The van der Waals surface area contributed by atoms with Crippen molar-refractivity contribution in [3.63, 3.8) is 0 Å². The molecule has 1 unspecified atom stereocenters. The molecule has 0 N–H and O–H groups in total. The number of benzene rings is 3. The van der Waals surface area contributed by atoms with Crippen molar-refractivity contribution in [2.75, 3.05) is 33.3 Å². The number of hydrogen-bond acceptors (Lipinski definition) is 6. The fourth-order valence-electron chi connectivity index (χ4n) is 4.45. The molecule has 5 rings (SSSR count). The van der Waals surface area contributed by atoms with Crippen molar-refractivity contribution in [2.24, 2.45) is 0 Å². The van der Waals surface area contributed by atoms with Gasteiger partial charge in [-0.2, -0.15) is 4.98 Å². The predicted molar refractivity (Wildman–Crippen MR) is 138 cm³/mol. The highest BCUT2D eigenvalue weighted by atomic mass is 35.5. The quantitative estimate of drug-likeness (QED) is 0.350. The molecular weight excluding hydrogens is 476 g/mol. The lowest BCUT2D eigenvalue weighted by molar-refractivity contribution is -0.144. The predicted octanol–water partition coefficient (Wildman–Crippen LogP) is 5.09. The van der Waals surface area contributed by atoms with Gasteiger partial charge in [0.15, 0.2) is 6.10 Å². The number of piperazine rings is 1. The molecule has 0 radical (unpaired) electrons. The molecule has 0 aliphatic carbocycles. The zero-order valence-electron chi connectivity index (χ0n) is 20.0. The summed E-state index contributed by atoms with van der Waals surface area (Å²) in [6.45, 7) is 3.70. The highest BCUT2D eigenvalue weighted by Gasteiger charge is 2.28. The zero-order chi connectivity index (χ0) is 24.9.